The third kappa shape index (κ3) is 5.00. The van der Waals surface area contributed by atoms with E-state index in [4.69, 9.17) is 4.99 Å². The summed E-state index contributed by atoms with van der Waals surface area (Å²) in [6, 6.07) is 6.55. The van der Waals surface area contributed by atoms with Crippen molar-refractivity contribution in [3.05, 3.63) is 30.1 Å². The highest BCUT2D eigenvalue weighted by molar-refractivity contribution is 8.14. The first-order valence-electron chi connectivity index (χ1n) is 9.55. The van der Waals surface area contributed by atoms with Crippen LogP contribution in [0.15, 0.2) is 29.3 Å². The molecular weight excluding hydrogens is 349 g/mol. The Kier molecular flexibility index (Phi) is 6.57. The Morgan fingerprint density at radius 1 is 1.31 bits per heavy atom. The zero-order valence-corrected chi connectivity index (χ0v) is 16.4. The van der Waals surface area contributed by atoms with Crippen molar-refractivity contribution in [3.8, 4) is 0 Å². The van der Waals surface area contributed by atoms with Crippen LogP contribution >= 0.6 is 11.8 Å². The number of carbonyl (C=O) groups is 1. The lowest BCUT2D eigenvalue weighted by molar-refractivity contribution is -0.117. The second kappa shape index (κ2) is 8.89. The number of hydrogen-bond donors (Lipinski definition) is 1. The van der Waals surface area contributed by atoms with Crippen molar-refractivity contribution >= 4 is 28.5 Å². The Labute approximate surface area is 159 Å². The molecule has 1 aliphatic carbocycles. The van der Waals surface area contributed by atoms with Gasteiger partial charge in [-0.05, 0) is 31.0 Å². The van der Waals surface area contributed by atoms with Crippen LogP contribution in [0.4, 0.5) is 10.1 Å². The SMILES string of the molecule is CC1SC(=NC2CCCCCC2)N(C)C1CC(=O)Nc1cccc(F)c1. The number of halogens is 1. The molecule has 0 aromatic heterocycles. The second-order valence-corrected chi connectivity index (χ2v) is 8.67. The normalized spacial score (nSPS) is 26.1. The Morgan fingerprint density at radius 3 is 2.73 bits per heavy atom. The molecule has 1 saturated carbocycles. The molecule has 1 amide bonds. The largest absolute Gasteiger partial charge is 0.350 e. The van der Waals surface area contributed by atoms with Gasteiger partial charge in [-0.1, -0.05) is 50.4 Å². The molecule has 1 aromatic carbocycles. The van der Waals surface area contributed by atoms with Crippen LogP contribution in [0.2, 0.25) is 0 Å². The van der Waals surface area contributed by atoms with Gasteiger partial charge in [-0.2, -0.15) is 0 Å². The number of thioether (sulfide) groups is 1. The topological polar surface area (TPSA) is 44.7 Å². The van der Waals surface area contributed by atoms with Gasteiger partial charge in [-0.15, -0.1) is 0 Å². The third-order valence-corrected chi connectivity index (χ3v) is 6.54. The summed E-state index contributed by atoms with van der Waals surface area (Å²) in [4.78, 5) is 19.6. The van der Waals surface area contributed by atoms with Gasteiger partial charge in [0, 0.05) is 24.4 Å². The zero-order valence-electron chi connectivity index (χ0n) is 15.6. The molecule has 1 heterocycles. The first-order valence-corrected chi connectivity index (χ1v) is 10.4. The molecule has 1 N–H and O–H groups in total. The van der Waals surface area contributed by atoms with Crippen LogP contribution in [0, 0.1) is 5.82 Å². The average Bonchev–Trinajstić information content (AvgIpc) is 2.79. The van der Waals surface area contributed by atoms with Gasteiger partial charge < -0.3 is 10.2 Å². The standard InChI is InChI=1S/C20H28FN3OS/c1-14-18(13-19(25)22-17-11-7-8-15(21)12-17)24(2)20(26-14)23-16-9-5-3-4-6-10-16/h7-8,11-12,14,16,18H,3-6,9-10,13H2,1-2H3,(H,22,25). The lowest BCUT2D eigenvalue weighted by atomic mass is 10.1. The molecule has 4 nitrogen and oxygen atoms in total. The Bertz CT molecular complexity index is 658. The van der Waals surface area contributed by atoms with Gasteiger partial charge >= 0.3 is 0 Å². The van der Waals surface area contributed by atoms with Crippen molar-refractivity contribution < 1.29 is 9.18 Å². The molecule has 1 saturated heterocycles. The Hall–Kier alpha value is -1.56. The van der Waals surface area contributed by atoms with Crippen LogP contribution in [-0.2, 0) is 4.79 Å². The number of nitrogens with one attached hydrogen (secondary N) is 1. The highest BCUT2D eigenvalue weighted by Gasteiger charge is 2.35. The molecule has 2 unspecified atom stereocenters. The molecule has 1 aliphatic heterocycles. The van der Waals surface area contributed by atoms with Crippen LogP contribution in [0.3, 0.4) is 0 Å². The zero-order chi connectivity index (χ0) is 18.5. The lowest BCUT2D eigenvalue weighted by Crippen LogP contribution is -2.36. The molecule has 0 spiro atoms. The van der Waals surface area contributed by atoms with E-state index in [0.29, 0.717) is 23.4 Å². The molecule has 0 radical (unpaired) electrons. The number of amidine groups is 1. The van der Waals surface area contributed by atoms with E-state index in [9.17, 15) is 9.18 Å². The summed E-state index contributed by atoms with van der Waals surface area (Å²) < 4.78 is 13.3. The number of nitrogens with zero attached hydrogens (tertiary/aromatic N) is 2. The van der Waals surface area contributed by atoms with Crippen LogP contribution < -0.4 is 5.32 Å². The van der Waals surface area contributed by atoms with Crippen molar-refractivity contribution in [1.82, 2.24) is 4.90 Å². The van der Waals surface area contributed by atoms with Gasteiger partial charge in [-0.3, -0.25) is 9.79 Å². The number of rotatable bonds is 4. The predicted octanol–water partition coefficient (Wildman–Crippen LogP) is 4.67. The molecule has 2 fully saturated rings. The Balaban J connectivity index is 1.60. The molecule has 0 bridgehead atoms. The first-order chi connectivity index (χ1) is 12.5. The monoisotopic (exact) mass is 377 g/mol. The van der Waals surface area contributed by atoms with Crippen molar-refractivity contribution in [2.24, 2.45) is 4.99 Å². The van der Waals surface area contributed by atoms with E-state index in [1.54, 1.807) is 23.9 Å². The summed E-state index contributed by atoms with van der Waals surface area (Å²) in [6.45, 7) is 2.15. The quantitative estimate of drug-likeness (QED) is 0.776. The van der Waals surface area contributed by atoms with E-state index in [2.05, 4.69) is 17.1 Å². The van der Waals surface area contributed by atoms with E-state index in [-0.39, 0.29) is 17.8 Å². The number of anilines is 1. The van der Waals surface area contributed by atoms with Gasteiger partial charge in [0.25, 0.3) is 0 Å². The van der Waals surface area contributed by atoms with Gasteiger partial charge in [-0.25, -0.2) is 4.39 Å². The van der Waals surface area contributed by atoms with Gasteiger partial charge in [0.05, 0.1) is 12.1 Å². The van der Waals surface area contributed by atoms with Crippen LogP contribution in [0.25, 0.3) is 0 Å². The minimum Gasteiger partial charge on any atom is -0.350 e. The number of benzene rings is 1. The minimum absolute atomic E-state index is 0.0874. The summed E-state index contributed by atoms with van der Waals surface area (Å²) in [5, 5.41) is 4.17. The molecule has 6 heteroatoms. The van der Waals surface area contributed by atoms with E-state index in [0.717, 1.165) is 5.17 Å². The summed E-state index contributed by atoms with van der Waals surface area (Å²) >= 11 is 1.77. The second-order valence-electron chi connectivity index (χ2n) is 7.32. The average molecular weight is 378 g/mol. The van der Waals surface area contributed by atoms with Crippen LogP contribution in [0.1, 0.15) is 51.9 Å². The molecule has 142 valence electrons. The fourth-order valence-electron chi connectivity index (χ4n) is 3.72. The maximum absolute atomic E-state index is 13.3. The van der Waals surface area contributed by atoms with Crippen molar-refractivity contribution in [2.45, 2.75) is 69.2 Å². The van der Waals surface area contributed by atoms with Gasteiger partial charge in [0.2, 0.25) is 5.91 Å². The molecule has 1 aromatic rings. The smallest absolute Gasteiger partial charge is 0.226 e. The van der Waals surface area contributed by atoms with E-state index >= 15 is 0 Å². The number of amides is 1. The van der Waals surface area contributed by atoms with Crippen molar-refractivity contribution in [3.63, 3.8) is 0 Å². The maximum atomic E-state index is 13.3. The van der Waals surface area contributed by atoms with Gasteiger partial charge in [0.1, 0.15) is 5.82 Å². The third-order valence-electron chi connectivity index (χ3n) is 5.25. The maximum Gasteiger partial charge on any atom is 0.226 e. The van der Waals surface area contributed by atoms with Gasteiger partial charge in [0.15, 0.2) is 5.17 Å². The number of hydrogen-bond acceptors (Lipinski definition) is 3. The first kappa shape index (κ1) is 19.2. The molecule has 26 heavy (non-hydrogen) atoms. The molecular formula is C20H28FN3OS. The van der Waals surface area contributed by atoms with Crippen LogP contribution in [0.5, 0.6) is 0 Å². The highest BCUT2D eigenvalue weighted by Crippen LogP contribution is 2.33. The summed E-state index contributed by atoms with van der Waals surface area (Å²) in [7, 11) is 2.03. The van der Waals surface area contributed by atoms with E-state index in [1.165, 1.54) is 50.7 Å². The highest BCUT2D eigenvalue weighted by atomic mass is 32.2. The van der Waals surface area contributed by atoms with E-state index < -0.39 is 0 Å². The molecule has 2 atom stereocenters. The number of carbonyl (C=O) groups excluding carboxylic acids is 1. The van der Waals surface area contributed by atoms with E-state index in [1.807, 2.05) is 7.05 Å². The molecule has 3 rings (SSSR count). The fourth-order valence-corrected chi connectivity index (χ4v) is 5.00. The van der Waals surface area contributed by atoms with Crippen molar-refractivity contribution in [1.29, 1.82) is 0 Å². The summed E-state index contributed by atoms with van der Waals surface area (Å²) in [6.07, 6.45) is 7.92. The predicted molar refractivity (Wildman–Crippen MR) is 107 cm³/mol. The van der Waals surface area contributed by atoms with Crippen molar-refractivity contribution in [2.75, 3.05) is 12.4 Å². The minimum atomic E-state index is -0.345. The fraction of sp³-hybridized carbons (Fsp3) is 0.600. The lowest BCUT2D eigenvalue weighted by Gasteiger charge is -2.23. The number of aliphatic imine (C=N–C) groups is 1. The molecule has 2 aliphatic rings. The summed E-state index contributed by atoms with van der Waals surface area (Å²) in [5.74, 6) is -0.432. The van der Waals surface area contributed by atoms with Crippen LogP contribution in [-0.4, -0.2) is 40.4 Å². The Morgan fingerprint density at radius 2 is 2.04 bits per heavy atom. The summed E-state index contributed by atoms with van der Waals surface area (Å²) in [5.41, 5.74) is 0.503.